The number of nitrogens with zero attached hydrogens (tertiary/aromatic N) is 3. The van der Waals surface area contributed by atoms with Gasteiger partial charge in [0.1, 0.15) is 5.52 Å². The Labute approximate surface area is 116 Å². The summed E-state index contributed by atoms with van der Waals surface area (Å²) < 4.78 is 1.79. The molecule has 1 aromatic heterocycles. The molecule has 20 heavy (non-hydrogen) atoms. The summed E-state index contributed by atoms with van der Waals surface area (Å²) in [5.41, 5.74) is 1.47. The summed E-state index contributed by atoms with van der Waals surface area (Å²) in [4.78, 5) is 12.1. The lowest BCUT2D eigenvalue weighted by Crippen LogP contribution is -2.47. The number of carbonyl (C=O) groups excluding carboxylic acids is 1. The third kappa shape index (κ3) is 2.27. The van der Waals surface area contributed by atoms with Gasteiger partial charge in [0, 0.05) is 18.7 Å². The van der Waals surface area contributed by atoms with Crippen LogP contribution in [0.1, 0.15) is 36.5 Å². The van der Waals surface area contributed by atoms with Crippen molar-refractivity contribution < 1.29 is 9.90 Å². The van der Waals surface area contributed by atoms with E-state index in [4.69, 9.17) is 0 Å². The fraction of sp³-hybridized carbons (Fsp3) is 0.500. The van der Waals surface area contributed by atoms with Crippen molar-refractivity contribution in [2.75, 3.05) is 6.54 Å². The van der Waals surface area contributed by atoms with E-state index in [0.29, 0.717) is 17.6 Å². The van der Waals surface area contributed by atoms with Gasteiger partial charge in [-0.05, 0) is 44.4 Å². The molecule has 0 atom stereocenters. The van der Waals surface area contributed by atoms with Crippen molar-refractivity contribution in [2.45, 2.75) is 38.3 Å². The highest BCUT2D eigenvalue weighted by Gasteiger charge is 2.34. The molecule has 1 amide bonds. The second-order valence-electron chi connectivity index (χ2n) is 5.37. The van der Waals surface area contributed by atoms with Crippen molar-refractivity contribution in [3.05, 3.63) is 23.8 Å². The number of nitrogens with one attached hydrogen (secondary N) is 1. The van der Waals surface area contributed by atoms with Gasteiger partial charge in [0.25, 0.3) is 5.91 Å². The first kappa shape index (κ1) is 13.1. The molecular formula is C14H18N4O2. The van der Waals surface area contributed by atoms with E-state index in [9.17, 15) is 9.90 Å². The lowest BCUT2D eigenvalue weighted by molar-refractivity contribution is -0.0300. The van der Waals surface area contributed by atoms with Gasteiger partial charge in [0.05, 0.1) is 11.1 Å². The Balaban J connectivity index is 1.74. The average molecular weight is 274 g/mol. The van der Waals surface area contributed by atoms with Gasteiger partial charge in [-0.1, -0.05) is 5.21 Å². The molecule has 0 spiro atoms. The zero-order valence-corrected chi connectivity index (χ0v) is 11.5. The van der Waals surface area contributed by atoms with Crippen molar-refractivity contribution in [3.8, 4) is 0 Å². The van der Waals surface area contributed by atoms with Gasteiger partial charge in [-0.3, -0.25) is 4.79 Å². The number of rotatable bonds is 4. The summed E-state index contributed by atoms with van der Waals surface area (Å²) in [5.74, 6) is -0.182. The van der Waals surface area contributed by atoms with Crippen LogP contribution >= 0.6 is 0 Å². The quantitative estimate of drug-likeness (QED) is 0.874. The Morgan fingerprint density at radius 3 is 2.95 bits per heavy atom. The Morgan fingerprint density at radius 1 is 1.50 bits per heavy atom. The van der Waals surface area contributed by atoms with Gasteiger partial charge in [0.15, 0.2) is 0 Å². The molecule has 0 aliphatic heterocycles. The molecule has 0 saturated heterocycles. The lowest BCUT2D eigenvalue weighted by atomic mass is 9.80. The van der Waals surface area contributed by atoms with E-state index in [1.54, 1.807) is 16.8 Å². The summed E-state index contributed by atoms with van der Waals surface area (Å²) in [5, 5.41) is 20.8. The summed E-state index contributed by atoms with van der Waals surface area (Å²) in [6.45, 7) is 3.05. The zero-order valence-electron chi connectivity index (χ0n) is 11.5. The van der Waals surface area contributed by atoms with Crippen LogP contribution in [0.25, 0.3) is 11.0 Å². The normalized spacial score (nSPS) is 16.9. The van der Waals surface area contributed by atoms with Gasteiger partial charge in [0.2, 0.25) is 0 Å². The summed E-state index contributed by atoms with van der Waals surface area (Å²) >= 11 is 0. The first-order valence-electron chi connectivity index (χ1n) is 6.95. The second-order valence-corrected chi connectivity index (χ2v) is 5.37. The van der Waals surface area contributed by atoms with Crippen LogP contribution in [0.4, 0.5) is 0 Å². The predicted octanol–water partition coefficient (Wildman–Crippen LogP) is 1.10. The fourth-order valence-electron chi connectivity index (χ4n) is 2.46. The maximum atomic E-state index is 12.1. The summed E-state index contributed by atoms with van der Waals surface area (Å²) in [6.07, 6.45) is 2.55. The molecule has 1 heterocycles. The monoisotopic (exact) mass is 274 g/mol. The molecule has 1 aromatic carbocycles. The van der Waals surface area contributed by atoms with Crippen molar-refractivity contribution in [1.82, 2.24) is 20.3 Å². The van der Waals surface area contributed by atoms with Crippen LogP contribution < -0.4 is 5.32 Å². The molecule has 106 valence electrons. The van der Waals surface area contributed by atoms with Crippen molar-refractivity contribution in [3.63, 3.8) is 0 Å². The number of hydrogen-bond donors (Lipinski definition) is 2. The van der Waals surface area contributed by atoms with E-state index < -0.39 is 5.60 Å². The maximum absolute atomic E-state index is 12.1. The van der Waals surface area contributed by atoms with E-state index in [2.05, 4.69) is 15.6 Å². The minimum Gasteiger partial charge on any atom is -0.388 e. The van der Waals surface area contributed by atoms with Crippen molar-refractivity contribution in [1.29, 1.82) is 0 Å². The Kier molecular flexibility index (Phi) is 3.17. The highest BCUT2D eigenvalue weighted by Crippen LogP contribution is 2.30. The molecule has 1 saturated carbocycles. The molecule has 1 aliphatic carbocycles. The van der Waals surface area contributed by atoms with Crippen LogP contribution in [0.5, 0.6) is 0 Å². The third-order valence-electron chi connectivity index (χ3n) is 3.94. The average Bonchev–Trinajstić information content (AvgIpc) is 2.84. The van der Waals surface area contributed by atoms with E-state index in [0.717, 1.165) is 31.3 Å². The SMILES string of the molecule is CCn1nnc2cc(C(=O)NCC3(O)CCC3)ccc21. The van der Waals surface area contributed by atoms with Crippen molar-refractivity contribution >= 4 is 16.9 Å². The van der Waals surface area contributed by atoms with E-state index >= 15 is 0 Å². The topological polar surface area (TPSA) is 80.0 Å². The molecule has 1 aliphatic rings. The highest BCUT2D eigenvalue weighted by molar-refractivity contribution is 5.97. The number of aryl methyl sites for hydroxylation is 1. The van der Waals surface area contributed by atoms with Crippen LogP contribution in [-0.4, -0.2) is 38.2 Å². The van der Waals surface area contributed by atoms with Crippen LogP contribution in [-0.2, 0) is 6.54 Å². The first-order chi connectivity index (χ1) is 9.61. The van der Waals surface area contributed by atoms with E-state index in [1.807, 2.05) is 13.0 Å². The Hall–Kier alpha value is -1.95. The Morgan fingerprint density at radius 2 is 2.30 bits per heavy atom. The van der Waals surface area contributed by atoms with E-state index in [-0.39, 0.29) is 5.91 Å². The first-order valence-corrected chi connectivity index (χ1v) is 6.95. The largest absolute Gasteiger partial charge is 0.388 e. The molecule has 2 N–H and O–H groups in total. The van der Waals surface area contributed by atoms with E-state index in [1.165, 1.54) is 0 Å². The lowest BCUT2D eigenvalue weighted by Gasteiger charge is -2.36. The van der Waals surface area contributed by atoms with Crippen molar-refractivity contribution in [2.24, 2.45) is 0 Å². The molecule has 1 fully saturated rings. The van der Waals surface area contributed by atoms with Gasteiger partial charge < -0.3 is 10.4 Å². The Bertz CT molecular complexity index is 646. The van der Waals surface area contributed by atoms with Crippen LogP contribution in [0.3, 0.4) is 0 Å². The predicted molar refractivity (Wildman–Crippen MR) is 74.3 cm³/mol. The number of amides is 1. The number of hydrogen-bond acceptors (Lipinski definition) is 4. The third-order valence-corrected chi connectivity index (χ3v) is 3.94. The molecule has 6 nitrogen and oxygen atoms in total. The minimum absolute atomic E-state index is 0.182. The second kappa shape index (κ2) is 4.86. The molecule has 3 rings (SSSR count). The molecule has 0 radical (unpaired) electrons. The smallest absolute Gasteiger partial charge is 0.251 e. The van der Waals surface area contributed by atoms with Crippen LogP contribution in [0, 0.1) is 0 Å². The van der Waals surface area contributed by atoms with Crippen LogP contribution in [0.15, 0.2) is 18.2 Å². The number of aliphatic hydroxyl groups is 1. The number of fused-ring (bicyclic) bond motifs is 1. The standard InChI is InChI=1S/C14H18N4O2/c1-2-18-12-5-4-10(8-11(12)16-17-18)13(19)15-9-14(20)6-3-7-14/h4-5,8,20H,2-3,6-7,9H2,1H3,(H,15,19). The van der Waals surface area contributed by atoms with Gasteiger partial charge in [-0.15, -0.1) is 5.10 Å². The number of benzene rings is 1. The number of carbonyl (C=O) groups is 1. The molecule has 2 aromatic rings. The maximum Gasteiger partial charge on any atom is 0.251 e. The highest BCUT2D eigenvalue weighted by atomic mass is 16.3. The zero-order chi connectivity index (χ0) is 14.2. The molecule has 0 bridgehead atoms. The fourth-order valence-corrected chi connectivity index (χ4v) is 2.46. The van der Waals surface area contributed by atoms with Crippen LogP contribution in [0.2, 0.25) is 0 Å². The van der Waals surface area contributed by atoms with Gasteiger partial charge in [-0.25, -0.2) is 4.68 Å². The molecule has 0 unspecified atom stereocenters. The molecule has 6 heteroatoms. The van der Waals surface area contributed by atoms with Gasteiger partial charge >= 0.3 is 0 Å². The van der Waals surface area contributed by atoms with Gasteiger partial charge in [-0.2, -0.15) is 0 Å². The summed E-state index contributed by atoms with van der Waals surface area (Å²) in [6, 6.07) is 5.35. The minimum atomic E-state index is -0.703. The number of aromatic nitrogens is 3. The summed E-state index contributed by atoms with van der Waals surface area (Å²) in [7, 11) is 0. The molecular weight excluding hydrogens is 256 g/mol.